The zero-order chi connectivity index (χ0) is 11.9. The van der Waals surface area contributed by atoms with Crippen LogP contribution in [0.4, 0.5) is 0 Å². The first-order valence-electron chi connectivity index (χ1n) is 5.46. The van der Waals surface area contributed by atoms with Crippen LogP contribution in [0.1, 0.15) is 35.8 Å². The van der Waals surface area contributed by atoms with Gasteiger partial charge >= 0.3 is 5.91 Å². The Morgan fingerprint density at radius 2 is 2.00 bits per heavy atom. The van der Waals surface area contributed by atoms with Crippen molar-refractivity contribution < 1.29 is 10.5 Å². The van der Waals surface area contributed by atoms with Crippen LogP contribution in [0.3, 0.4) is 0 Å². The van der Waals surface area contributed by atoms with Crippen LogP contribution in [-0.4, -0.2) is 10.5 Å². The van der Waals surface area contributed by atoms with Gasteiger partial charge in [-0.25, -0.2) is 4.79 Å². The average Bonchev–Trinajstić information content (AvgIpc) is 2.55. The number of aryl methyl sites for hydroxylation is 1. The Labute approximate surface area is 94.9 Å². The fraction of sp³-hybridized carbons (Fsp3) is 0.308. The molecule has 0 unspecified atom stereocenters. The molecule has 84 valence electrons. The van der Waals surface area contributed by atoms with E-state index in [0.29, 0.717) is 11.6 Å². The first kappa shape index (κ1) is 10.9. The molecule has 3 N–H and O–H groups in total. The number of aromatic nitrogens is 1. The minimum Gasteiger partial charge on any atom is -0.336 e. The van der Waals surface area contributed by atoms with Gasteiger partial charge in [0.25, 0.3) is 0 Å². The number of quaternary nitrogens is 1. The number of hydrogen-bond donors (Lipinski definition) is 1. The van der Waals surface area contributed by atoms with Crippen LogP contribution in [-0.2, 0) is 7.05 Å². The Balaban J connectivity index is 2.67. The smallest absolute Gasteiger partial charge is 0.336 e. The zero-order valence-electron chi connectivity index (χ0n) is 9.95. The summed E-state index contributed by atoms with van der Waals surface area (Å²) >= 11 is 0. The summed E-state index contributed by atoms with van der Waals surface area (Å²) in [7, 11) is 1.90. The van der Waals surface area contributed by atoms with Crippen molar-refractivity contribution in [2.45, 2.75) is 19.8 Å². The van der Waals surface area contributed by atoms with Crippen LogP contribution in [0, 0.1) is 0 Å². The highest BCUT2D eigenvalue weighted by Crippen LogP contribution is 2.23. The molecule has 2 rings (SSSR count). The summed E-state index contributed by atoms with van der Waals surface area (Å²) in [6, 6.07) is 8.24. The number of hydrogen-bond acceptors (Lipinski definition) is 1. The molecule has 0 saturated carbocycles. The highest BCUT2D eigenvalue weighted by atomic mass is 16.1. The van der Waals surface area contributed by atoms with E-state index >= 15 is 0 Å². The van der Waals surface area contributed by atoms with Crippen LogP contribution in [0.25, 0.3) is 10.9 Å². The standard InChI is InChI=1S/C13H16N2O/c1-8(2)9-4-5-11-10(6-9)7-12(13(14)16)15(11)3/h4-8H,1-3H3,(H2,14,16)/p+1. The van der Waals surface area contributed by atoms with Gasteiger partial charge in [0.15, 0.2) is 0 Å². The SMILES string of the molecule is CC(C)c1ccc2c(c1)cc(C([NH3+])=O)n2C. The molecule has 1 amide bonds. The second-order valence-corrected chi connectivity index (χ2v) is 4.48. The van der Waals surface area contributed by atoms with Gasteiger partial charge in [0.2, 0.25) is 0 Å². The topological polar surface area (TPSA) is 49.6 Å². The van der Waals surface area contributed by atoms with Gasteiger partial charge < -0.3 is 4.57 Å². The molecule has 0 saturated heterocycles. The van der Waals surface area contributed by atoms with Crippen molar-refractivity contribution in [1.29, 1.82) is 0 Å². The molecule has 0 fully saturated rings. The summed E-state index contributed by atoms with van der Waals surface area (Å²) in [4.78, 5) is 11.3. The molecule has 0 atom stereocenters. The van der Waals surface area contributed by atoms with E-state index in [0.717, 1.165) is 10.9 Å². The molecule has 0 aliphatic rings. The fourth-order valence-electron chi connectivity index (χ4n) is 1.99. The molecule has 0 aliphatic carbocycles. The third kappa shape index (κ3) is 1.63. The van der Waals surface area contributed by atoms with Crippen LogP contribution in [0.15, 0.2) is 24.3 Å². The highest BCUT2D eigenvalue weighted by Gasteiger charge is 2.13. The van der Waals surface area contributed by atoms with Gasteiger partial charge in [-0.05, 0) is 29.7 Å². The van der Waals surface area contributed by atoms with Crippen molar-refractivity contribution >= 4 is 16.8 Å². The van der Waals surface area contributed by atoms with Gasteiger partial charge in [-0.3, -0.25) is 5.73 Å². The van der Waals surface area contributed by atoms with Crippen LogP contribution in [0.2, 0.25) is 0 Å². The van der Waals surface area contributed by atoms with Crippen LogP contribution >= 0.6 is 0 Å². The third-order valence-corrected chi connectivity index (χ3v) is 3.02. The van der Waals surface area contributed by atoms with E-state index in [1.54, 1.807) is 0 Å². The Bertz CT molecular complexity index is 552. The molecular weight excluding hydrogens is 200 g/mol. The molecule has 0 radical (unpaired) electrons. The van der Waals surface area contributed by atoms with Gasteiger partial charge in [0.1, 0.15) is 5.69 Å². The van der Waals surface area contributed by atoms with E-state index in [4.69, 9.17) is 0 Å². The fourth-order valence-corrected chi connectivity index (χ4v) is 1.99. The number of carbonyl (C=O) groups excluding carboxylic acids is 1. The van der Waals surface area contributed by atoms with Gasteiger partial charge in [-0.15, -0.1) is 0 Å². The average molecular weight is 217 g/mol. The van der Waals surface area contributed by atoms with Crippen molar-refractivity contribution in [3.8, 4) is 0 Å². The molecule has 0 spiro atoms. The summed E-state index contributed by atoms with van der Waals surface area (Å²) in [5, 5.41) is 1.11. The summed E-state index contributed by atoms with van der Waals surface area (Å²) < 4.78 is 1.90. The number of rotatable bonds is 2. The first-order valence-corrected chi connectivity index (χ1v) is 5.46. The van der Waals surface area contributed by atoms with Gasteiger partial charge in [-0.2, -0.15) is 0 Å². The predicted octanol–water partition coefficient (Wildman–Crippen LogP) is 1.68. The quantitative estimate of drug-likeness (QED) is 0.817. The van der Waals surface area contributed by atoms with E-state index in [1.807, 2.05) is 17.7 Å². The summed E-state index contributed by atoms with van der Waals surface area (Å²) in [6.45, 7) is 4.33. The number of benzene rings is 1. The molecule has 2 aromatic rings. The lowest BCUT2D eigenvalue weighted by Gasteiger charge is -2.05. The van der Waals surface area contributed by atoms with Crippen molar-refractivity contribution in [3.63, 3.8) is 0 Å². The summed E-state index contributed by atoms with van der Waals surface area (Å²) in [6.07, 6.45) is 0. The van der Waals surface area contributed by atoms with E-state index in [-0.39, 0.29) is 5.91 Å². The van der Waals surface area contributed by atoms with Gasteiger partial charge in [0, 0.05) is 18.0 Å². The molecule has 3 nitrogen and oxygen atoms in total. The summed E-state index contributed by atoms with van der Waals surface area (Å²) in [5.41, 5.74) is 6.50. The Morgan fingerprint density at radius 3 is 2.56 bits per heavy atom. The maximum Gasteiger partial charge on any atom is 0.357 e. The van der Waals surface area contributed by atoms with Gasteiger partial charge in [0.05, 0.1) is 0 Å². The van der Waals surface area contributed by atoms with Crippen molar-refractivity contribution in [1.82, 2.24) is 4.57 Å². The second-order valence-electron chi connectivity index (χ2n) is 4.48. The minimum atomic E-state index is -0.134. The van der Waals surface area contributed by atoms with Crippen LogP contribution < -0.4 is 5.73 Å². The molecular formula is C13H17N2O+. The lowest BCUT2D eigenvalue weighted by molar-refractivity contribution is -0.255. The number of fused-ring (bicyclic) bond motifs is 1. The number of carbonyl (C=O) groups is 1. The molecule has 1 heterocycles. The Kier molecular flexibility index (Phi) is 2.56. The van der Waals surface area contributed by atoms with E-state index in [9.17, 15) is 4.79 Å². The molecule has 1 aromatic heterocycles. The lowest BCUT2D eigenvalue weighted by Crippen LogP contribution is -2.57. The van der Waals surface area contributed by atoms with Crippen molar-refractivity contribution in [3.05, 3.63) is 35.5 Å². The van der Waals surface area contributed by atoms with E-state index < -0.39 is 0 Å². The maximum absolute atomic E-state index is 11.3. The summed E-state index contributed by atoms with van der Waals surface area (Å²) in [5.74, 6) is 0.369. The molecule has 1 aromatic carbocycles. The molecule has 0 aliphatic heterocycles. The normalized spacial score (nSPS) is 11.3. The molecule has 3 heteroatoms. The van der Waals surface area contributed by atoms with Gasteiger partial charge in [-0.1, -0.05) is 19.9 Å². The zero-order valence-corrected chi connectivity index (χ0v) is 9.95. The number of amides is 1. The molecule has 16 heavy (non-hydrogen) atoms. The Morgan fingerprint density at radius 1 is 1.31 bits per heavy atom. The minimum absolute atomic E-state index is 0.134. The van der Waals surface area contributed by atoms with E-state index in [2.05, 4.69) is 37.8 Å². The lowest BCUT2D eigenvalue weighted by atomic mass is 10.0. The largest absolute Gasteiger partial charge is 0.357 e. The monoisotopic (exact) mass is 217 g/mol. The number of nitrogens with zero attached hydrogens (tertiary/aromatic N) is 1. The predicted molar refractivity (Wildman–Crippen MR) is 64.2 cm³/mol. The van der Waals surface area contributed by atoms with E-state index in [1.165, 1.54) is 5.56 Å². The second kappa shape index (κ2) is 3.76. The highest BCUT2D eigenvalue weighted by molar-refractivity contribution is 5.93. The first-order chi connectivity index (χ1) is 7.50. The third-order valence-electron chi connectivity index (χ3n) is 3.02. The Hall–Kier alpha value is -1.61. The van der Waals surface area contributed by atoms with Crippen LogP contribution in [0.5, 0.6) is 0 Å². The van der Waals surface area contributed by atoms with Crippen molar-refractivity contribution in [2.24, 2.45) is 7.05 Å². The molecule has 0 bridgehead atoms. The van der Waals surface area contributed by atoms with Crippen molar-refractivity contribution in [2.75, 3.05) is 0 Å². The maximum atomic E-state index is 11.3.